The van der Waals surface area contributed by atoms with E-state index >= 15 is 0 Å². The zero-order valence-corrected chi connectivity index (χ0v) is 15.2. The first-order chi connectivity index (χ1) is 13.5. The Bertz CT molecular complexity index is 948. The summed E-state index contributed by atoms with van der Waals surface area (Å²) in [7, 11) is 0. The quantitative estimate of drug-likeness (QED) is 0.714. The molecule has 1 aliphatic rings. The van der Waals surface area contributed by atoms with Gasteiger partial charge in [0.1, 0.15) is 13.2 Å². The molecule has 3 heterocycles. The highest BCUT2D eigenvalue weighted by Gasteiger charge is 2.29. The lowest BCUT2D eigenvalue weighted by atomic mass is 9.94. The van der Waals surface area contributed by atoms with Gasteiger partial charge in [0.15, 0.2) is 0 Å². The summed E-state index contributed by atoms with van der Waals surface area (Å²) in [5.41, 5.74) is 2.23. The van der Waals surface area contributed by atoms with Crippen molar-refractivity contribution in [1.82, 2.24) is 20.1 Å². The minimum Gasteiger partial charge on any atom is -0.473 e. The van der Waals surface area contributed by atoms with Gasteiger partial charge in [0.25, 0.3) is 0 Å². The van der Waals surface area contributed by atoms with Crippen LogP contribution in [0.5, 0.6) is 5.88 Å². The van der Waals surface area contributed by atoms with Crippen LogP contribution in [0.1, 0.15) is 30.0 Å². The molecule has 3 aromatic rings. The Balaban J connectivity index is 1.47. The zero-order valence-electron chi connectivity index (χ0n) is 15.2. The van der Waals surface area contributed by atoms with Crippen molar-refractivity contribution in [1.29, 1.82) is 0 Å². The monoisotopic (exact) mass is 390 g/mol. The van der Waals surface area contributed by atoms with Gasteiger partial charge in [-0.15, -0.1) is 0 Å². The maximum atomic E-state index is 12.7. The Morgan fingerprint density at radius 2 is 1.96 bits per heavy atom. The summed E-state index contributed by atoms with van der Waals surface area (Å²) < 4.78 is 44.9. The molecular formula is C20H21F3N4O. The van der Waals surface area contributed by atoms with E-state index in [0.29, 0.717) is 22.7 Å². The van der Waals surface area contributed by atoms with Gasteiger partial charge in [-0.05, 0) is 43.6 Å². The van der Waals surface area contributed by atoms with E-state index in [1.807, 2.05) is 18.2 Å². The summed E-state index contributed by atoms with van der Waals surface area (Å²) >= 11 is 0. The third-order valence-corrected chi connectivity index (χ3v) is 4.93. The average molecular weight is 390 g/mol. The smallest absolute Gasteiger partial charge is 0.408 e. The van der Waals surface area contributed by atoms with E-state index in [-0.39, 0.29) is 6.61 Å². The number of alkyl halides is 3. The molecule has 0 bridgehead atoms. The Kier molecular flexibility index (Phi) is 5.21. The summed E-state index contributed by atoms with van der Waals surface area (Å²) in [6.07, 6.45) is -0.771. The molecule has 1 saturated heterocycles. The van der Waals surface area contributed by atoms with E-state index in [9.17, 15) is 13.2 Å². The summed E-state index contributed by atoms with van der Waals surface area (Å²) in [6.45, 7) is 1.10. The number of benzene rings is 1. The lowest BCUT2D eigenvalue weighted by Gasteiger charge is -2.22. The summed E-state index contributed by atoms with van der Waals surface area (Å²) in [5.74, 6) is 0.956. The molecule has 148 valence electrons. The van der Waals surface area contributed by atoms with Crippen LogP contribution in [0.4, 0.5) is 13.2 Å². The first-order valence-corrected chi connectivity index (χ1v) is 9.30. The summed E-state index contributed by atoms with van der Waals surface area (Å²) in [5, 5.41) is 7.85. The van der Waals surface area contributed by atoms with Crippen molar-refractivity contribution in [2.45, 2.75) is 38.1 Å². The number of pyridine rings is 1. The van der Waals surface area contributed by atoms with Crippen molar-refractivity contribution < 1.29 is 17.9 Å². The number of halogens is 3. The molecule has 8 heteroatoms. The van der Waals surface area contributed by atoms with Gasteiger partial charge in [-0.25, -0.2) is 4.98 Å². The van der Waals surface area contributed by atoms with Crippen LogP contribution in [0.2, 0.25) is 0 Å². The number of ether oxygens (including phenoxy) is 1. The van der Waals surface area contributed by atoms with Crippen LogP contribution in [0.15, 0.2) is 42.6 Å². The standard InChI is InChI=1S/C20H21F3N4O/c21-20(22,23)13-27-18-10-14(4-5-16(18)11-25-27)12-28-19-3-1-2-17(26-19)15-6-8-24-9-7-15/h1-5,10-11,15,24H,6-9,12-13H2. The number of piperidine rings is 1. The molecule has 0 atom stereocenters. The minimum absolute atomic E-state index is 0.232. The third-order valence-electron chi connectivity index (χ3n) is 4.93. The van der Waals surface area contributed by atoms with E-state index in [0.717, 1.165) is 41.9 Å². The van der Waals surface area contributed by atoms with Gasteiger partial charge in [-0.1, -0.05) is 18.2 Å². The van der Waals surface area contributed by atoms with Crippen molar-refractivity contribution >= 4 is 10.9 Å². The predicted molar refractivity (Wildman–Crippen MR) is 99.2 cm³/mol. The number of nitrogens with one attached hydrogen (secondary N) is 1. The fraction of sp³-hybridized carbons (Fsp3) is 0.400. The molecular weight excluding hydrogens is 369 g/mol. The Morgan fingerprint density at radius 3 is 2.75 bits per heavy atom. The van der Waals surface area contributed by atoms with E-state index < -0.39 is 12.7 Å². The molecule has 0 unspecified atom stereocenters. The topological polar surface area (TPSA) is 52.0 Å². The maximum Gasteiger partial charge on any atom is 0.408 e. The van der Waals surface area contributed by atoms with E-state index in [2.05, 4.69) is 15.4 Å². The molecule has 1 N–H and O–H groups in total. The molecule has 0 spiro atoms. The predicted octanol–water partition coefficient (Wildman–Crippen LogP) is 4.04. The van der Waals surface area contributed by atoms with Gasteiger partial charge in [-0.2, -0.15) is 18.3 Å². The van der Waals surface area contributed by atoms with Crippen LogP contribution in [-0.2, 0) is 13.2 Å². The Hall–Kier alpha value is -2.61. The highest BCUT2D eigenvalue weighted by atomic mass is 19.4. The maximum absolute atomic E-state index is 12.7. The second kappa shape index (κ2) is 7.79. The number of hydrogen-bond acceptors (Lipinski definition) is 4. The van der Waals surface area contributed by atoms with Crippen molar-refractivity contribution in [2.24, 2.45) is 0 Å². The summed E-state index contributed by atoms with van der Waals surface area (Å²) in [6, 6.07) is 11.0. The van der Waals surface area contributed by atoms with Crippen LogP contribution in [0, 0.1) is 0 Å². The number of hydrogen-bond donors (Lipinski definition) is 1. The largest absolute Gasteiger partial charge is 0.473 e. The Labute approximate surface area is 160 Å². The molecule has 5 nitrogen and oxygen atoms in total. The number of nitrogens with zero attached hydrogens (tertiary/aromatic N) is 3. The highest BCUT2D eigenvalue weighted by molar-refractivity contribution is 5.79. The molecule has 1 fully saturated rings. The number of rotatable bonds is 5. The first kappa shape index (κ1) is 18.7. The molecule has 1 aliphatic heterocycles. The summed E-state index contributed by atoms with van der Waals surface area (Å²) in [4.78, 5) is 4.61. The van der Waals surface area contributed by atoms with E-state index in [4.69, 9.17) is 4.74 Å². The molecule has 1 aromatic carbocycles. The molecule has 4 rings (SSSR count). The van der Waals surface area contributed by atoms with Crippen molar-refractivity contribution in [2.75, 3.05) is 13.1 Å². The Morgan fingerprint density at radius 1 is 1.14 bits per heavy atom. The SMILES string of the molecule is FC(F)(F)Cn1ncc2ccc(COc3cccc(C4CCNCC4)n3)cc21. The number of aromatic nitrogens is 3. The van der Waals surface area contributed by atoms with Gasteiger partial charge in [0.05, 0.1) is 11.7 Å². The van der Waals surface area contributed by atoms with E-state index in [1.54, 1.807) is 18.2 Å². The van der Waals surface area contributed by atoms with Crippen LogP contribution in [0.3, 0.4) is 0 Å². The highest BCUT2D eigenvalue weighted by Crippen LogP contribution is 2.26. The fourth-order valence-corrected chi connectivity index (χ4v) is 3.52. The van der Waals surface area contributed by atoms with Crippen molar-refractivity contribution in [3.63, 3.8) is 0 Å². The average Bonchev–Trinajstić information content (AvgIpc) is 3.08. The van der Waals surface area contributed by atoms with Crippen LogP contribution >= 0.6 is 0 Å². The van der Waals surface area contributed by atoms with Gasteiger partial charge in [0.2, 0.25) is 5.88 Å². The van der Waals surface area contributed by atoms with Crippen LogP contribution in [-0.4, -0.2) is 34.0 Å². The van der Waals surface area contributed by atoms with Crippen molar-refractivity contribution in [3.8, 4) is 5.88 Å². The second-order valence-electron chi connectivity index (χ2n) is 7.02. The van der Waals surface area contributed by atoms with Crippen LogP contribution < -0.4 is 10.1 Å². The van der Waals surface area contributed by atoms with Crippen molar-refractivity contribution in [3.05, 3.63) is 53.9 Å². The molecule has 28 heavy (non-hydrogen) atoms. The molecule has 0 aliphatic carbocycles. The molecule has 0 saturated carbocycles. The van der Waals surface area contributed by atoms with Gasteiger partial charge >= 0.3 is 6.18 Å². The van der Waals surface area contributed by atoms with Gasteiger partial charge in [0, 0.05) is 23.1 Å². The zero-order chi connectivity index (χ0) is 19.6. The second-order valence-corrected chi connectivity index (χ2v) is 7.02. The molecule has 0 amide bonds. The normalized spacial score (nSPS) is 15.8. The fourth-order valence-electron chi connectivity index (χ4n) is 3.52. The lowest BCUT2D eigenvalue weighted by molar-refractivity contribution is -0.141. The first-order valence-electron chi connectivity index (χ1n) is 9.30. The number of fused-ring (bicyclic) bond motifs is 1. The third kappa shape index (κ3) is 4.44. The lowest BCUT2D eigenvalue weighted by Crippen LogP contribution is -2.27. The van der Waals surface area contributed by atoms with Crippen LogP contribution in [0.25, 0.3) is 10.9 Å². The minimum atomic E-state index is -4.32. The molecule has 2 aromatic heterocycles. The van der Waals surface area contributed by atoms with Gasteiger partial charge < -0.3 is 10.1 Å². The molecule has 0 radical (unpaired) electrons. The van der Waals surface area contributed by atoms with Gasteiger partial charge in [-0.3, -0.25) is 4.68 Å². The van der Waals surface area contributed by atoms with E-state index in [1.165, 1.54) is 6.20 Å².